The molecule has 3 N–H and O–H groups in total. The van der Waals surface area contributed by atoms with Crippen molar-refractivity contribution < 1.29 is 28.2 Å². The van der Waals surface area contributed by atoms with Crippen molar-refractivity contribution in [3.05, 3.63) is 106 Å². The number of thiazole rings is 1. The molecule has 0 aliphatic heterocycles. The number of carbonyl (C=O) groups is 2. The topological polar surface area (TPSA) is 137 Å². The minimum atomic E-state index is -3.84. The Balaban J connectivity index is 1.38. The van der Waals surface area contributed by atoms with Crippen LogP contribution in [0, 0.1) is 6.92 Å². The van der Waals surface area contributed by atoms with Crippen LogP contribution < -0.4 is 5.32 Å². The molecule has 0 fully saturated rings. The predicted octanol–water partition coefficient (Wildman–Crippen LogP) is 5.45. The second kappa shape index (κ2) is 12.6. The number of aliphatic hydroxyl groups is 1. The van der Waals surface area contributed by atoms with Gasteiger partial charge in [0.2, 0.25) is 9.84 Å². The van der Waals surface area contributed by atoms with Gasteiger partial charge >= 0.3 is 6.09 Å². The zero-order valence-corrected chi connectivity index (χ0v) is 23.7. The first-order chi connectivity index (χ1) is 19.0. The molecule has 0 saturated heterocycles. The maximum absolute atomic E-state index is 13.1. The molecule has 0 aliphatic rings. The molecule has 4 rings (SSSR count). The van der Waals surface area contributed by atoms with Crippen LogP contribution in [-0.4, -0.2) is 53.6 Å². The Kier molecular flexibility index (Phi) is 9.21. The molecule has 0 saturated carbocycles. The van der Waals surface area contributed by atoms with Crippen molar-refractivity contribution in [1.82, 2.24) is 9.88 Å². The SMILES string of the molecule is Cc1cnc(NC(=O)c2ccc(S(=O)(=O)c3ccc(CCN(C[C@@H](O)c4cccc(Cl)c4)C(=O)O)cc3)cc2)s1. The number of aromatic nitrogens is 1. The summed E-state index contributed by atoms with van der Waals surface area (Å²) in [4.78, 5) is 30.4. The smallest absolute Gasteiger partial charge is 0.407 e. The number of aryl methyl sites for hydroxylation is 1. The van der Waals surface area contributed by atoms with Crippen LogP contribution in [0.15, 0.2) is 88.8 Å². The number of nitrogens with one attached hydrogen (secondary N) is 1. The van der Waals surface area contributed by atoms with Crippen molar-refractivity contribution in [3.8, 4) is 0 Å². The third-order valence-corrected chi connectivity index (χ3v) is 8.92. The molecule has 2 amide bonds. The Morgan fingerprint density at radius 1 is 1.05 bits per heavy atom. The molecule has 40 heavy (non-hydrogen) atoms. The lowest BCUT2D eigenvalue weighted by molar-refractivity contribution is 0.0973. The van der Waals surface area contributed by atoms with Gasteiger partial charge in [0, 0.05) is 28.2 Å². The van der Waals surface area contributed by atoms with Gasteiger partial charge in [0.05, 0.1) is 22.4 Å². The monoisotopic (exact) mass is 599 g/mol. The number of carbonyl (C=O) groups excluding carboxylic acids is 1. The predicted molar refractivity (Wildman–Crippen MR) is 153 cm³/mol. The van der Waals surface area contributed by atoms with Crippen molar-refractivity contribution in [2.75, 3.05) is 18.4 Å². The highest BCUT2D eigenvalue weighted by atomic mass is 35.5. The molecule has 9 nitrogen and oxygen atoms in total. The molecule has 0 radical (unpaired) electrons. The number of benzene rings is 3. The molecule has 12 heteroatoms. The number of hydrogen-bond donors (Lipinski definition) is 3. The van der Waals surface area contributed by atoms with Crippen LogP contribution in [0.3, 0.4) is 0 Å². The fourth-order valence-electron chi connectivity index (χ4n) is 3.90. The van der Waals surface area contributed by atoms with Crippen LogP contribution >= 0.6 is 22.9 Å². The van der Waals surface area contributed by atoms with Crippen LogP contribution in [0.4, 0.5) is 9.93 Å². The van der Waals surface area contributed by atoms with E-state index in [2.05, 4.69) is 10.3 Å². The van der Waals surface area contributed by atoms with Gasteiger partial charge < -0.3 is 15.1 Å². The first-order valence-corrected chi connectivity index (χ1v) is 14.8. The van der Waals surface area contributed by atoms with Crippen molar-refractivity contribution in [2.24, 2.45) is 0 Å². The van der Waals surface area contributed by atoms with Crippen LogP contribution in [0.25, 0.3) is 0 Å². The van der Waals surface area contributed by atoms with Gasteiger partial charge in [-0.2, -0.15) is 0 Å². The van der Waals surface area contributed by atoms with Crippen LogP contribution in [0.5, 0.6) is 0 Å². The normalized spacial score (nSPS) is 12.1. The number of carboxylic acid groups (broad SMARTS) is 1. The lowest BCUT2D eigenvalue weighted by atomic mass is 10.1. The number of nitrogens with zero attached hydrogens (tertiary/aromatic N) is 2. The zero-order valence-electron chi connectivity index (χ0n) is 21.3. The molecular weight excluding hydrogens is 574 g/mol. The number of rotatable bonds is 10. The Morgan fingerprint density at radius 2 is 1.70 bits per heavy atom. The summed E-state index contributed by atoms with van der Waals surface area (Å²) in [5.41, 5.74) is 1.54. The van der Waals surface area contributed by atoms with E-state index in [-0.39, 0.29) is 22.9 Å². The first-order valence-electron chi connectivity index (χ1n) is 12.1. The molecule has 208 valence electrons. The summed E-state index contributed by atoms with van der Waals surface area (Å²) in [5, 5.41) is 23.6. The fraction of sp³-hybridized carbons (Fsp3) is 0.179. The number of aliphatic hydroxyl groups excluding tert-OH is 1. The van der Waals surface area contributed by atoms with E-state index < -0.39 is 27.9 Å². The van der Waals surface area contributed by atoms with Crippen molar-refractivity contribution in [3.63, 3.8) is 0 Å². The highest BCUT2D eigenvalue weighted by Crippen LogP contribution is 2.24. The van der Waals surface area contributed by atoms with Gasteiger partial charge in [-0.3, -0.25) is 10.1 Å². The second-order valence-corrected chi connectivity index (χ2v) is 12.6. The Morgan fingerprint density at radius 3 is 2.27 bits per heavy atom. The summed E-state index contributed by atoms with van der Waals surface area (Å²) in [6.45, 7) is 1.84. The van der Waals surface area contributed by atoms with E-state index in [1.165, 1.54) is 47.7 Å². The average Bonchev–Trinajstić information content (AvgIpc) is 3.35. The molecule has 0 bridgehead atoms. The summed E-state index contributed by atoms with van der Waals surface area (Å²) < 4.78 is 26.2. The van der Waals surface area contributed by atoms with Crippen molar-refractivity contribution >= 4 is 49.9 Å². The van der Waals surface area contributed by atoms with Gasteiger partial charge in [0.15, 0.2) is 5.13 Å². The molecule has 0 spiro atoms. The fourth-order valence-corrected chi connectivity index (χ4v) is 6.01. The van der Waals surface area contributed by atoms with E-state index in [0.717, 1.165) is 15.3 Å². The summed E-state index contributed by atoms with van der Waals surface area (Å²) >= 11 is 7.30. The van der Waals surface area contributed by atoms with E-state index in [9.17, 15) is 28.2 Å². The van der Waals surface area contributed by atoms with Crippen molar-refractivity contribution in [2.45, 2.75) is 29.2 Å². The summed E-state index contributed by atoms with van der Waals surface area (Å²) in [5.74, 6) is -0.391. The number of halogens is 1. The molecule has 0 unspecified atom stereocenters. The zero-order chi connectivity index (χ0) is 28.9. The van der Waals surface area contributed by atoms with E-state index in [1.807, 2.05) is 6.92 Å². The Hall–Kier alpha value is -3.77. The number of amides is 2. The van der Waals surface area contributed by atoms with E-state index in [0.29, 0.717) is 27.7 Å². The van der Waals surface area contributed by atoms with Gasteiger partial charge in [0.25, 0.3) is 5.91 Å². The third kappa shape index (κ3) is 7.24. The highest BCUT2D eigenvalue weighted by molar-refractivity contribution is 7.91. The van der Waals surface area contributed by atoms with Crippen LogP contribution in [0.2, 0.25) is 5.02 Å². The van der Waals surface area contributed by atoms with E-state index in [4.69, 9.17) is 11.6 Å². The lowest BCUT2D eigenvalue weighted by Gasteiger charge is -2.23. The quantitative estimate of drug-likeness (QED) is 0.220. The standard InChI is InChI=1S/C28H26ClN3O6S2/c1-18-16-30-27(39-18)31-26(34)20-7-11-24(12-8-20)40(37,38)23-9-5-19(6-10-23)13-14-32(28(35)36)17-25(33)21-3-2-4-22(29)15-21/h2-12,15-16,25,33H,13-14,17H2,1H3,(H,35,36)(H,30,31,34)/t25-/m1/s1. The maximum Gasteiger partial charge on any atom is 0.407 e. The summed E-state index contributed by atoms with van der Waals surface area (Å²) in [6, 6.07) is 18.4. The molecule has 1 aromatic heterocycles. The van der Waals surface area contributed by atoms with Gasteiger partial charge in [-0.1, -0.05) is 35.9 Å². The molecule has 1 atom stereocenters. The molecule has 3 aromatic carbocycles. The minimum Gasteiger partial charge on any atom is -0.465 e. The third-order valence-electron chi connectivity index (χ3n) is 6.07. The highest BCUT2D eigenvalue weighted by Gasteiger charge is 2.20. The summed E-state index contributed by atoms with van der Waals surface area (Å²) in [6.07, 6.45) is -0.260. The largest absolute Gasteiger partial charge is 0.465 e. The molecule has 4 aromatic rings. The molecule has 1 heterocycles. The number of hydrogen-bond acceptors (Lipinski definition) is 7. The molecular formula is C28H26ClN3O6S2. The molecule has 0 aliphatic carbocycles. The van der Waals surface area contributed by atoms with E-state index in [1.54, 1.807) is 42.6 Å². The second-order valence-electron chi connectivity index (χ2n) is 8.95. The maximum atomic E-state index is 13.1. The van der Waals surface area contributed by atoms with E-state index >= 15 is 0 Å². The Labute approximate surface area is 240 Å². The summed E-state index contributed by atoms with van der Waals surface area (Å²) in [7, 11) is -3.84. The van der Waals surface area contributed by atoms with Gasteiger partial charge in [-0.15, -0.1) is 11.3 Å². The average molecular weight is 600 g/mol. The van der Waals surface area contributed by atoms with Gasteiger partial charge in [-0.25, -0.2) is 18.2 Å². The van der Waals surface area contributed by atoms with Gasteiger partial charge in [-0.05, 0) is 73.0 Å². The van der Waals surface area contributed by atoms with Crippen LogP contribution in [-0.2, 0) is 16.3 Å². The Bertz CT molecular complexity index is 1610. The minimum absolute atomic E-state index is 0.0361. The number of anilines is 1. The lowest BCUT2D eigenvalue weighted by Crippen LogP contribution is -2.35. The first kappa shape index (κ1) is 29.2. The van der Waals surface area contributed by atoms with Crippen LogP contribution in [0.1, 0.15) is 32.5 Å². The number of sulfone groups is 1. The van der Waals surface area contributed by atoms with Crippen molar-refractivity contribution in [1.29, 1.82) is 0 Å². The van der Waals surface area contributed by atoms with Gasteiger partial charge in [0.1, 0.15) is 0 Å².